The van der Waals surface area contributed by atoms with Gasteiger partial charge in [-0.1, -0.05) is 17.7 Å². The number of benzene rings is 1. The van der Waals surface area contributed by atoms with E-state index in [0.29, 0.717) is 6.04 Å². The fourth-order valence-corrected chi connectivity index (χ4v) is 1.86. The highest BCUT2D eigenvalue weighted by Crippen LogP contribution is 2.17. The Kier molecular flexibility index (Phi) is 6.75. The molecule has 94 valence electrons. The van der Waals surface area contributed by atoms with Crippen molar-refractivity contribution in [2.24, 2.45) is 0 Å². The molecule has 0 amide bonds. The summed E-state index contributed by atoms with van der Waals surface area (Å²) in [7, 11) is 0. The second-order valence-electron chi connectivity index (χ2n) is 4.09. The average Bonchev–Trinajstić information content (AvgIpc) is 2.32. The van der Waals surface area contributed by atoms with Gasteiger partial charge in [-0.15, -0.1) is 6.58 Å². The molecule has 1 unspecified atom stereocenters. The van der Waals surface area contributed by atoms with Gasteiger partial charge in [-0.2, -0.15) is 0 Å². The highest BCUT2D eigenvalue weighted by Gasteiger charge is 2.06. The van der Waals surface area contributed by atoms with Crippen molar-refractivity contribution in [2.45, 2.75) is 31.7 Å². The van der Waals surface area contributed by atoms with E-state index in [1.54, 1.807) is 0 Å². The van der Waals surface area contributed by atoms with Crippen LogP contribution >= 0.6 is 11.6 Å². The Hall–Kier alpha value is -0.990. The van der Waals surface area contributed by atoms with Gasteiger partial charge >= 0.3 is 0 Å². The SMILES string of the molecule is C=CCC(CCCCO)Nc1ccc(Cl)cc1. The van der Waals surface area contributed by atoms with Crippen molar-refractivity contribution in [3.05, 3.63) is 41.9 Å². The zero-order valence-corrected chi connectivity index (χ0v) is 10.8. The smallest absolute Gasteiger partial charge is 0.0431 e. The summed E-state index contributed by atoms with van der Waals surface area (Å²) in [6.07, 6.45) is 5.77. The Morgan fingerprint density at radius 2 is 2.00 bits per heavy atom. The summed E-state index contributed by atoms with van der Waals surface area (Å²) in [6, 6.07) is 8.08. The third kappa shape index (κ3) is 5.76. The molecule has 1 atom stereocenters. The molecule has 0 aliphatic carbocycles. The zero-order valence-electron chi connectivity index (χ0n) is 10.0. The summed E-state index contributed by atoms with van der Waals surface area (Å²) in [4.78, 5) is 0. The Bertz CT molecular complexity index is 323. The van der Waals surface area contributed by atoms with Crippen LogP contribution in [0.2, 0.25) is 5.02 Å². The van der Waals surface area contributed by atoms with Crippen LogP contribution in [0.4, 0.5) is 5.69 Å². The monoisotopic (exact) mass is 253 g/mol. The lowest BCUT2D eigenvalue weighted by atomic mass is 10.1. The van der Waals surface area contributed by atoms with E-state index < -0.39 is 0 Å². The fraction of sp³-hybridized carbons (Fsp3) is 0.429. The minimum atomic E-state index is 0.266. The minimum Gasteiger partial charge on any atom is -0.396 e. The van der Waals surface area contributed by atoms with Crippen LogP contribution in [-0.4, -0.2) is 17.8 Å². The first-order valence-electron chi connectivity index (χ1n) is 6.00. The molecule has 0 heterocycles. The summed E-state index contributed by atoms with van der Waals surface area (Å²) >= 11 is 5.84. The van der Waals surface area contributed by atoms with Gasteiger partial charge in [0.05, 0.1) is 0 Å². The molecule has 0 aliphatic heterocycles. The van der Waals surface area contributed by atoms with E-state index in [2.05, 4.69) is 11.9 Å². The van der Waals surface area contributed by atoms with Gasteiger partial charge in [-0.3, -0.25) is 0 Å². The summed E-state index contributed by atoms with van der Waals surface area (Å²) in [5, 5.41) is 13.0. The molecular weight excluding hydrogens is 234 g/mol. The molecule has 3 heteroatoms. The van der Waals surface area contributed by atoms with E-state index in [9.17, 15) is 0 Å². The summed E-state index contributed by atoms with van der Waals surface area (Å²) < 4.78 is 0. The van der Waals surface area contributed by atoms with Crippen LogP contribution in [0, 0.1) is 0 Å². The Labute approximate surface area is 108 Å². The minimum absolute atomic E-state index is 0.266. The zero-order chi connectivity index (χ0) is 12.5. The number of aliphatic hydroxyl groups excluding tert-OH is 1. The summed E-state index contributed by atoms with van der Waals surface area (Å²) in [5.41, 5.74) is 1.07. The lowest BCUT2D eigenvalue weighted by molar-refractivity contribution is 0.282. The predicted molar refractivity (Wildman–Crippen MR) is 74.6 cm³/mol. The normalized spacial score (nSPS) is 12.1. The van der Waals surface area contributed by atoms with E-state index >= 15 is 0 Å². The van der Waals surface area contributed by atoms with Gasteiger partial charge in [0.1, 0.15) is 0 Å². The molecule has 1 aromatic carbocycles. The molecule has 0 bridgehead atoms. The molecule has 0 aromatic heterocycles. The van der Waals surface area contributed by atoms with Crippen LogP contribution in [0.3, 0.4) is 0 Å². The number of hydrogen-bond donors (Lipinski definition) is 2. The molecule has 1 aromatic rings. The van der Waals surface area contributed by atoms with Crippen molar-refractivity contribution in [3.8, 4) is 0 Å². The number of aliphatic hydroxyl groups is 1. The second kappa shape index (κ2) is 8.15. The third-order valence-corrected chi connectivity index (χ3v) is 2.88. The topological polar surface area (TPSA) is 32.3 Å². The maximum Gasteiger partial charge on any atom is 0.0431 e. The first-order valence-corrected chi connectivity index (χ1v) is 6.38. The standard InChI is InChI=1S/C14H20ClNO/c1-2-5-13(6-3-4-11-17)16-14-9-7-12(15)8-10-14/h2,7-10,13,16-17H,1,3-6,11H2. The summed E-state index contributed by atoms with van der Waals surface area (Å²) in [6.45, 7) is 4.04. The molecule has 0 saturated carbocycles. The number of nitrogens with one attached hydrogen (secondary N) is 1. The molecule has 2 N–H and O–H groups in total. The van der Waals surface area contributed by atoms with Gasteiger partial charge in [0.25, 0.3) is 0 Å². The lowest BCUT2D eigenvalue weighted by Gasteiger charge is -2.18. The third-order valence-electron chi connectivity index (χ3n) is 2.63. The van der Waals surface area contributed by atoms with E-state index in [1.807, 2.05) is 30.3 Å². The number of halogens is 1. The van der Waals surface area contributed by atoms with E-state index in [1.165, 1.54) is 0 Å². The van der Waals surface area contributed by atoms with Crippen molar-refractivity contribution in [1.82, 2.24) is 0 Å². The molecule has 1 rings (SSSR count). The van der Waals surface area contributed by atoms with Crippen LogP contribution < -0.4 is 5.32 Å². The van der Waals surface area contributed by atoms with Crippen LogP contribution in [0.25, 0.3) is 0 Å². The molecule has 17 heavy (non-hydrogen) atoms. The Morgan fingerprint density at radius 1 is 1.29 bits per heavy atom. The predicted octanol–water partition coefficient (Wildman–Crippen LogP) is 3.86. The quantitative estimate of drug-likeness (QED) is 0.545. The first-order chi connectivity index (χ1) is 8.26. The van der Waals surface area contributed by atoms with Crippen molar-refractivity contribution in [1.29, 1.82) is 0 Å². The van der Waals surface area contributed by atoms with Crippen LogP contribution in [0.1, 0.15) is 25.7 Å². The lowest BCUT2D eigenvalue weighted by Crippen LogP contribution is -2.18. The van der Waals surface area contributed by atoms with Crippen LogP contribution in [0.15, 0.2) is 36.9 Å². The molecule has 0 spiro atoms. The van der Waals surface area contributed by atoms with Gasteiger partial charge in [-0.25, -0.2) is 0 Å². The number of unbranched alkanes of at least 4 members (excludes halogenated alkanes) is 1. The maximum atomic E-state index is 8.77. The average molecular weight is 254 g/mol. The number of hydrogen-bond acceptors (Lipinski definition) is 2. The van der Waals surface area contributed by atoms with Gasteiger partial charge in [-0.05, 0) is 49.9 Å². The number of anilines is 1. The van der Waals surface area contributed by atoms with Gasteiger partial charge in [0.2, 0.25) is 0 Å². The molecule has 2 nitrogen and oxygen atoms in total. The van der Waals surface area contributed by atoms with Crippen molar-refractivity contribution >= 4 is 17.3 Å². The summed E-state index contributed by atoms with van der Waals surface area (Å²) in [5.74, 6) is 0. The van der Waals surface area contributed by atoms with Crippen molar-refractivity contribution in [3.63, 3.8) is 0 Å². The Balaban J connectivity index is 2.47. The van der Waals surface area contributed by atoms with Crippen LogP contribution in [0.5, 0.6) is 0 Å². The number of rotatable bonds is 8. The highest BCUT2D eigenvalue weighted by atomic mass is 35.5. The van der Waals surface area contributed by atoms with Crippen LogP contribution in [-0.2, 0) is 0 Å². The highest BCUT2D eigenvalue weighted by molar-refractivity contribution is 6.30. The maximum absolute atomic E-state index is 8.77. The van der Waals surface area contributed by atoms with Gasteiger partial charge in [0.15, 0.2) is 0 Å². The molecule has 0 saturated heterocycles. The largest absolute Gasteiger partial charge is 0.396 e. The van der Waals surface area contributed by atoms with E-state index in [-0.39, 0.29) is 6.61 Å². The van der Waals surface area contributed by atoms with Crippen molar-refractivity contribution < 1.29 is 5.11 Å². The molecular formula is C14H20ClNO. The van der Waals surface area contributed by atoms with E-state index in [4.69, 9.17) is 16.7 Å². The molecule has 0 fully saturated rings. The van der Waals surface area contributed by atoms with E-state index in [0.717, 1.165) is 36.4 Å². The molecule has 0 aliphatic rings. The van der Waals surface area contributed by atoms with Crippen molar-refractivity contribution in [2.75, 3.05) is 11.9 Å². The van der Waals surface area contributed by atoms with Gasteiger partial charge in [0, 0.05) is 23.4 Å². The first kappa shape index (κ1) is 14.1. The fourth-order valence-electron chi connectivity index (χ4n) is 1.73. The second-order valence-corrected chi connectivity index (χ2v) is 4.53. The Morgan fingerprint density at radius 3 is 2.59 bits per heavy atom. The molecule has 0 radical (unpaired) electrons. The van der Waals surface area contributed by atoms with Gasteiger partial charge < -0.3 is 10.4 Å².